The number of rotatable bonds is 4. The number of carbonyl (C=O) groups is 2. The Labute approximate surface area is 190 Å². The maximum atomic E-state index is 14.0. The van der Waals surface area contributed by atoms with Crippen LogP contribution in [0.1, 0.15) is 40.0 Å². The van der Waals surface area contributed by atoms with E-state index in [1.807, 2.05) is 43.3 Å². The van der Waals surface area contributed by atoms with Crippen molar-refractivity contribution in [1.29, 1.82) is 5.26 Å². The molecule has 3 aromatic carbocycles. The highest BCUT2D eigenvalue weighted by Gasteiger charge is 2.28. The molecule has 2 amide bonds. The molecule has 0 saturated heterocycles. The van der Waals surface area contributed by atoms with Gasteiger partial charge >= 0.3 is 0 Å². The summed E-state index contributed by atoms with van der Waals surface area (Å²) in [5.41, 5.74) is 1.79. The standard InChI is InChI=1S/C26H19FN4O2/c1-16(17-9-3-2-4-10-17)29-26(33)21(15-28)23-18-11-5-6-12-19(18)24(30-23)31-25(32)20-13-7-8-14-22(20)27/h2-14,16H,1H3,(H,29,33)(H,30,31,32)/b23-21-. The Kier molecular flexibility index (Phi) is 6.09. The Hall–Kier alpha value is -4.57. The predicted octanol–water partition coefficient (Wildman–Crippen LogP) is 4.13. The summed E-state index contributed by atoms with van der Waals surface area (Å²) in [6.45, 7) is 1.82. The van der Waals surface area contributed by atoms with Crippen molar-refractivity contribution in [3.05, 3.63) is 113 Å². The van der Waals surface area contributed by atoms with E-state index in [1.54, 1.807) is 30.3 Å². The maximum Gasteiger partial charge on any atom is 0.264 e. The third-order valence-corrected chi connectivity index (χ3v) is 5.23. The number of nitriles is 1. The Morgan fingerprint density at radius 2 is 1.58 bits per heavy atom. The van der Waals surface area contributed by atoms with Crippen LogP contribution in [-0.2, 0) is 4.79 Å². The third kappa shape index (κ3) is 4.41. The fourth-order valence-electron chi connectivity index (χ4n) is 3.54. The highest BCUT2D eigenvalue weighted by atomic mass is 19.1. The highest BCUT2D eigenvalue weighted by Crippen LogP contribution is 2.31. The van der Waals surface area contributed by atoms with Gasteiger partial charge in [0.1, 0.15) is 23.3 Å². The molecule has 1 heterocycles. The van der Waals surface area contributed by atoms with Gasteiger partial charge in [-0.2, -0.15) is 5.26 Å². The van der Waals surface area contributed by atoms with Gasteiger partial charge in [-0.3, -0.25) is 9.59 Å². The summed E-state index contributed by atoms with van der Waals surface area (Å²) >= 11 is 0. The summed E-state index contributed by atoms with van der Waals surface area (Å²) in [5, 5.41) is 15.2. The van der Waals surface area contributed by atoms with Gasteiger partial charge in [0.15, 0.2) is 0 Å². The van der Waals surface area contributed by atoms with Gasteiger partial charge in [-0.25, -0.2) is 9.38 Å². The zero-order valence-corrected chi connectivity index (χ0v) is 17.7. The van der Waals surface area contributed by atoms with E-state index in [1.165, 1.54) is 18.2 Å². The van der Waals surface area contributed by atoms with Gasteiger partial charge in [-0.15, -0.1) is 0 Å². The van der Waals surface area contributed by atoms with E-state index >= 15 is 0 Å². The average Bonchev–Trinajstić information content (AvgIpc) is 3.18. The van der Waals surface area contributed by atoms with Crippen molar-refractivity contribution >= 4 is 23.3 Å². The molecule has 0 spiro atoms. The lowest BCUT2D eigenvalue weighted by Crippen LogP contribution is -2.31. The summed E-state index contributed by atoms with van der Waals surface area (Å²) in [6.07, 6.45) is 0. The molecular formula is C26H19FN4O2. The van der Waals surface area contributed by atoms with Crippen molar-refractivity contribution in [2.45, 2.75) is 13.0 Å². The summed E-state index contributed by atoms with van der Waals surface area (Å²) in [5.74, 6) is -1.78. The Bertz CT molecular complexity index is 1340. The number of nitrogens with one attached hydrogen (secondary N) is 2. The molecular weight excluding hydrogens is 419 g/mol. The number of amidine groups is 1. The molecule has 1 aliphatic heterocycles. The number of benzene rings is 3. The Morgan fingerprint density at radius 1 is 0.939 bits per heavy atom. The number of carbonyl (C=O) groups excluding carboxylic acids is 2. The Morgan fingerprint density at radius 3 is 2.27 bits per heavy atom. The molecule has 4 rings (SSSR count). The topological polar surface area (TPSA) is 94.3 Å². The van der Waals surface area contributed by atoms with Crippen LogP contribution in [0.4, 0.5) is 4.39 Å². The van der Waals surface area contributed by atoms with Crippen LogP contribution in [0.3, 0.4) is 0 Å². The monoisotopic (exact) mass is 438 g/mol. The molecule has 0 radical (unpaired) electrons. The van der Waals surface area contributed by atoms with Gasteiger partial charge in [0, 0.05) is 11.1 Å². The second-order valence-corrected chi connectivity index (χ2v) is 7.38. The second-order valence-electron chi connectivity index (χ2n) is 7.38. The number of aliphatic imine (C=N–C) groups is 1. The first-order valence-electron chi connectivity index (χ1n) is 10.2. The largest absolute Gasteiger partial charge is 0.345 e. The molecule has 7 heteroatoms. The molecule has 3 aromatic rings. The van der Waals surface area contributed by atoms with Crippen molar-refractivity contribution in [1.82, 2.24) is 10.6 Å². The molecule has 162 valence electrons. The molecule has 2 N–H and O–H groups in total. The molecule has 0 fully saturated rings. The molecule has 1 atom stereocenters. The van der Waals surface area contributed by atoms with Crippen LogP contribution in [0.2, 0.25) is 0 Å². The summed E-state index contributed by atoms with van der Waals surface area (Å²) in [6, 6.07) is 23.5. The van der Waals surface area contributed by atoms with Crippen LogP contribution in [0.15, 0.2) is 89.4 Å². The number of nitrogens with zero attached hydrogens (tertiary/aromatic N) is 2. The molecule has 33 heavy (non-hydrogen) atoms. The normalized spacial score (nSPS) is 14.4. The van der Waals surface area contributed by atoms with E-state index in [0.29, 0.717) is 11.1 Å². The smallest absolute Gasteiger partial charge is 0.264 e. The third-order valence-electron chi connectivity index (χ3n) is 5.23. The molecule has 1 unspecified atom stereocenters. The first-order valence-corrected chi connectivity index (χ1v) is 10.2. The number of hydrogen-bond donors (Lipinski definition) is 2. The van der Waals surface area contributed by atoms with Crippen molar-refractivity contribution in [3.63, 3.8) is 0 Å². The maximum absolute atomic E-state index is 14.0. The zero-order chi connectivity index (χ0) is 23.4. The quantitative estimate of drug-likeness (QED) is 0.474. The van der Waals surface area contributed by atoms with Crippen molar-refractivity contribution in [3.8, 4) is 6.07 Å². The van der Waals surface area contributed by atoms with Crippen LogP contribution >= 0.6 is 0 Å². The summed E-state index contributed by atoms with van der Waals surface area (Å²) in [4.78, 5) is 30.0. The minimum atomic E-state index is -0.677. The van der Waals surface area contributed by atoms with Crippen LogP contribution in [0.5, 0.6) is 0 Å². The molecule has 0 aromatic heterocycles. The van der Waals surface area contributed by atoms with Crippen LogP contribution in [-0.4, -0.2) is 17.6 Å². The van der Waals surface area contributed by atoms with Gasteiger partial charge in [0.05, 0.1) is 17.3 Å². The van der Waals surface area contributed by atoms with Crippen molar-refractivity contribution < 1.29 is 14.0 Å². The van der Waals surface area contributed by atoms with E-state index in [9.17, 15) is 19.2 Å². The van der Waals surface area contributed by atoms with Crippen molar-refractivity contribution in [2.24, 2.45) is 4.99 Å². The summed E-state index contributed by atoms with van der Waals surface area (Å²) < 4.78 is 14.0. The zero-order valence-electron chi connectivity index (χ0n) is 17.7. The number of halogens is 1. The average molecular weight is 438 g/mol. The van der Waals surface area contributed by atoms with E-state index in [-0.39, 0.29) is 28.7 Å². The lowest BCUT2D eigenvalue weighted by atomic mass is 10.0. The minimum Gasteiger partial charge on any atom is -0.345 e. The fraction of sp³-hybridized carbons (Fsp3) is 0.0769. The first kappa shape index (κ1) is 21.7. The number of amides is 2. The van der Waals surface area contributed by atoms with E-state index < -0.39 is 17.6 Å². The first-order chi connectivity index (χ1) is 16.0. The lowest BCUT2D eigenvalue weighted by Gasteiger charge is -2.14. The van der Waals surface area contributed by atoms with Gasteiger partial charge in [-0.05, 0) is 24.6 Å². The number of fused-ring (bicyclic) bond motifs is 1. The lowest BCUT2D eigenvalue weighted by molar-refractivity contribution is -0.117. The second kappa shape index (κ2) is 9.28. The molecule has 1 aliphatic rings. The highest BCUT2D eigenvalue weighted by molar-refractivity contribution is 6.20. The van der Waals surface area contributed by atoms with Crippen LogP contribution in [0.25, 0.3) is 5.70 Å². The molecule has 0 bridgehead atoms. The van der Waals surface area contributed by atoms with E-state index in [0.717, 1.165) is 5.56 Å². The van der Waals surface area contributed by atoms with Gasteiger partial charge in [0.25, 0.3) is 11.8 Å². The van der Waals surface area contributed by atoms with Gasteiger partial charge in [0.2, 0.25) is 0 Å². The van der Waals surface area contributed by atoms with E-state index in [2.05, 4.69) is 15.6 Å². The minimum absolute atomic E-state index is 0.134. The number of hydrogen-bond acceptors (Lipinski definition) is 4. The Balaban J connectivity index is 1.67. The van der Waals surface area contributed by atoms with Crippen LogP contribution in [0, 0.1) is 17.1 Å². The van der Waals surface area contributed by atoms with E-state index in [4.69, 9.17) is 0 Å². The summed E-state index contributed by atoms with van der Waals surface area (Å²) in [7, 11) is 0. The SMILES string of the molecule is CC(NC(=O)/C(C#N)=C1\N=C(NC(=O)c2ccccc2F)c2ccccc21)c1ccccc1. The molecule has 0 saturated carbocycles. The molecule has 6 nitrogen and oxygen atoms in total. The van der Waals surface area contributed by atoms with Gasteiger partial charge in [-0.1, -0.05) is 66.7 Å². The predicted molar refractivity (Wildman–Crippen MR) is 122 cm³/mol. The van der Waals surface area contributed by atoms with Gasteiger partial charge < -0.3 is 10.6 Å². The van der Waals surface area contributed by atoms with Crippen molar-refractivity contribution in [2.75, 3.05) is 0 Å². The molecule has 0 aliphatic carbocycles. The fourth-order valence-corrected chi connectivity index (χ4v) is 3.54. The van der Waals surface area contributed by atoms with Crippen LogP contribution < -0.4 is 10.6 Å².